The Morgan fingerprint density at radius 3 is 2.33 bits per heavy atom. The van der Waals surface area contributed by atoms with E-state index in [4.69, 9.17) is 0 Å². The Morgan fingerprint density at radius 1 is 1.25 bits per heavy atom. The summed E-state index contributed by atoms with van der Waals surface area (Å²) >= 11 is 0. The van der Waals surface area contributed by atoms with Crippen molar-refractivity contribution in [2.24, 2.45) is 0 Å². The molecular formula is C2H7N4Si6. The monoisotopic (exact) mass is 255 g/mol. The third-order valence-electron chi connectivity index (χ3n) is 1.49. The minimum atomic E-state index is -0.795. The van der Waals surface area contributed by atoms with E-state index in [0.717, 1.165) is 0 Å². The Morgan fingerprint density at radius 2 is 1.83 bits per heavy atom. The van der Waals surface area contributed by atoms with Crippen molar-refractivity contribution in [3.8, 4) is 0 Å². The summed E-state index contributed by atoms with van der Waals surface area (Å²) in [5.41, 5.74) is 0. The minimum Gasteiger partial charge on any atom is -0.349 e. The first-order chi connectivity index (χ1) is 5.57. The van der Waals surface area contributed by atoms with Gasteiger partial charge in [-0.15, -0.1) is 0 Å². The maximum absolute atomic E-state index is 3.63. The maximum atomic E-state index is 3.63. The lowest BCUT2D eigenvalue weighted by atomic mass is 11.6. The largest absolute Gasteiger partial charge is 0.349 e. The van der Waals surface area contributed by atoms with Crippen molar-refractivity contribution in [2.45, 2.75) is 6.55 Å². The topological polar surface area (TPSA) is 21.8 Å². The fourth-order valence-electron chi connectivity index (χ4n) is 0.797. The Bertz CT molecular complexity index is 156. The van der Waals surface area contributed by atoms with Crippen LogP contribution in [0, 0.1) is 0 Å². The van der Waals surface area contributed by atoms with Crippen LogP contribution in [-0.2, 0) is 0 Å². The predicted molar refractivity (Wildman–Crippen MR) is 55.0 cm³/mol. The molecule has 4 nitrogen and oxygen atoms in total. The number of nitrogens with zero attached hydrogens (tertiary/aromatic N) is 3. The van der Waals surface area contributed by atoms with Crippen LogP contribution >= 0.6 is 0 Å². The zero-order valence-corrected chi connectivity index (χ0v) is 12.8. The van der Waals surface area contributed by atoms with E-state index in [1.807, 2.05) is 7.05 Å². The molecule has 0 atom stereocenters. The van der Waals surface area contributed by atoms with E-state index < -0.39 is 18.4 Å². The van der Waals surface area contributed by atoms with Crippen molar-refractivity contribution in [1.82, 2.24) is 16.7 Å². The average molecular weight is 256 g/mol. The van der Waals surface area contributed by atoms with Crippen molar-refractivity contribution in [3.05, 3.63) is 0 Å². The van der Waals surface area contributed by atoms with Crippen LogP contribution in [0.4, 0.5) is 0 Å². The van der Waals surface area contributed by atoms with Crippen LogP contribution in [0.3, 0.4) is 0 Å². The van der Waals surface area contributed by atoms with E-state index in [9.17, 15) is 0 Å². The Balaban J connectivity index is 2.65. The van der Waals surface area contributed by atoms with Crippen LogP contribution in [-0.4, -0.2) is 78.2 Å². The second kappa shape index (κ2) is 4.58. The predicted octanol–water partition coefficient (Wildman–Crippen LogP) is -2.99. The summed E-state index contributed by atoms with van der Waals surface area (Å²) in [5.74, 6) is 0. The van der Waals surface area contributed by atoms with Gasteiger partial charge in [-0.05, 0) is 13.6 Å². The van der Waals surface area contributed by atoms with Crippen molar-refractivity contribution < 1.29 is 0 Å². The number of nitrogens with one attached hydrogen (secondary N) is 1. The van der Waals surface area contributed by atoms with Gasteiger partial charge in [0.25, 0.3) is 9.28 Å². The molecule has 0 amide bonds. The van der Waals surface area contributed by atoms with Crippen molar-refractivity contribution in [2.75, 3.05) is 7.05 Å². The molecule has 12 heavy (non-hydrogen) atoms. The van der Waals surface area contributed by atoms with Crippen LogP contribution in [0.15, 0.2) is 0 Å². The molecule has 0 spiro atoms. The number of hydrogen-bond acceptors (Lipinski definition) is 4. The lowest BCUT2D eigenvalue weighted by Crippen LogP contribution is -2.74. The molecule has 1 saturated heterocycles. The molecule has 0 aromatic heterocycles. The van der Waals surface area contributed by atoms with Gasteiger partial charge in [0.05, 0.1) is 0 Å². The highest BCUT2D eigenvalue weighted by atomic mass is 28.5. The Kier molecular flexibility index (Phi) is 4.28. The molecular weight excluding hydrogens is 249 g/mol. The Hall–Kier alpha value is 1.14. The molecule has 1 heterocycles. The standard InChI is InChI=1S/C2H7N4Si6/c1-3-12-5(8)10-4(7)11(2)6(12)9/h3H,1-2H3. The third kappa shape index (κ3) is 2.14. The van der Waals surface area contributed by atoms with Crippen molar-refractivity contribution in [1.29, 1.82) is 0 Å². The third-order valence-corrected chi connectivity index (χ3v) is 12.1. The summed E-state index contributed by atoms with van der Waals surface area (Å²) < 4.78 is 6.55. The molecule has 1 aliphatic heterocycles. The molecule has 10 heteroatoms. The summed E-state index contributed by atoms with van der Waals surface area (Å²) in [6.45, 7) is 2.24. The van der Waals surface area contributed by atoms with Crippen molar-refractivity contribution >= 4 is 59.5 Å². The first-order valence-electron chi connectivity index (χ1n) is 3.26. The highest BCUT2D eigenvalue weighted by molar-refractivity contribution is 6.89. The number of hydrogen-bond donors (Lipinski definition) is 1. The van der Waals surface area contributed by atoms with E-state index in [2.05, 4.69) is 54.4 Å². The second-order valence-corrected chi connectivity index (χ2v) is 12.7. The van der Waals surface area contributed by atoms with Gasteiger partial charge in [-0.1, -0.05) is 0 Å². The molecule has 0 saturated carbocycles. The summed E-state index contributed by atoms with van der Waals surface area (Å²) in [4.78, 5) is 3.30. The van der Waals surface area contributed by atoms with Gasteiger partial charge in [-0.25, -0.2) is 0 Å². The molecule has 0 aromatic carbocycles. The quantitative estimate of drug-likeness (QED) is 0.505. The molecule has 59 valence electrons. The van der Waals surface area contributed by atoms with Crippen LogP contribution in [0.2, 0.25) is 6.55 Å². The number of rotatable bonds is 1. The Labute approximate surface area is 89.8 Å². The van der Waals surface area contributed by atoms with Gasteiger partial charge < -0.3 is 16.7 Å². The average Bonchev–Trinajstić information content (AvgIpc) is 2.01. The highest BCUT2D eigenvalue weighted by Crippen LogP contribution is 2.04. The summed E-state index contributed by atoms with van der Waals surface area (Å²) in [6.07, 6.45) is 0. The van der Waals surface area contributed by atoms with Gasteiger partial charge in [0, 0.05) is 0 Å². The van der Waals surface area contributed by atoms with Crippen LogP contribution in [0.5, 0.6) is 0 Å². The fraction of sp³-hybridized carbons (Fsp3) is 1.00. The lowest BCUT2D eigenvalue weighted by molar-refractivity contribution is 0.739. The van der Waals surface area contributed by atoms with Crippen molar-refractivity contribution in [3.63, 3.8) is 0 Å². The molecule has 0 aliphatic carbocycles. The molecule has 0 unspecified atom stereocenters. The molecule has 1 rings (SSSR count). The minimum absolute atomic E-state index is 0.625. The zero-order valence-electron chi connectivity index (χ0n) is 6.84. The van der Waals surface area contributed by atoms with Gasteiger partial charge in [0.15, 0.2) is 9.12 Å². The smallest absolute Gasteiger partial charge is 0.296 e. The zero-order chi connectivity index (χ0) is 9.30. The van der Waals surface area contributed by atoms with Gasteiger partial charge in [-0.3, -0.25) is 0 Å². The van der Waals surface area contributed by atoms with E-state index in [1.54, 1.807) is 0 Å². The normalized spacial score (nSPS) is 26.8. The summed E-state index contributed by atoms with van der Waals surface area (Å²) in [7, 11) is 12.0. The first-order valence-corrected chi connectivity index (χ1v) is 8.79. The fourth-order valence-corrected chi connectivity index (χ4v) is 12.6. The highest BCUT2D eigenvalue weighted by Gasteiger charge is 2.35. The van der Waals surface area contributed by atoms with Gasteiger partial charge in [0.1, 0.15) is 31.2 Å². The van der Waals surface area contributed by atoms with E-state index >= 15 is 0 Å². The molecule has 1 N–H and O–H groups in total. The summed E-state index contributed by atoms with van der Waals surface area (Å²) in [6, 6.07) is 0. The molecule has 1 aliphatic rings. The van der Waals surface area contributed by atoms with E-state index in [1.165, 1.54) is 0 Å². The lowest BCUT2D eigenvalue weighted by Gasteiger charge is -2.45. The maximum Gasteiger partial charge on any atom is 0.296 e. The SMILES string of the molecule is CN[Si]1N([Si])[Si]N([Si])[Si](C)N1[Si]. The van der Waals surface area contributed by atoms with E-state index in [-0.39, 0.29) is 0 Å². The molecule has 13 radical (unpaired) electrons. The van der Waals surface area contributed by atoms with Gasteiger partial charge in [0.2, 0.25) is 9.84 Å². The summed E-state index contributed by atoms with van der Waals surface area (Å²) in [5, 5.41) is 0. The second-order valence-electron chi connectivity index (χ2n) is 2.23. The van der Waals surface area contributed by atoms with Gasteiger partial charge in [-0.2, -0.15) is 0 Å². The molecule has 1 fully saturated rings. The molecule has 0 aromatic rings. The molecule has 0 bridgehead atoms. The van der Waals surface area contributed by atoms with Gasteiger partial charge >= 0.3 is 0 Å². The van der Waals surface area contributed by atoms with Crippen LogP contribution in [0.1, 0.15) is 0 Å². The first kappa shape index (κ1) is 11.2. The van der Waals surface area contributed by atoms with Crippen LogP contribution in [0.25, 0.3) is 0 Å². The van der Waals surface area contributed by atoms with Crippen LogP contribution < -0.4 is 4.98 Å². The van der Waals surface area contributed by atoms with E-state index in [0.29, 0.717) is 9.84 Å².